The molecule has 0 aromatic carbocycles. The second kappa shape index (κ2) is 2.75. The van der Waals surface area contributed by atoms with Crippen LogP contribution in [0.5, 0.6) is 0 Å². The maximum Gasteiger partial charge on any atom is 0.223 e. The standard InChI is InChI=1S/C10H17NO/c1-6-5-9(6)10(12)11-7(2)8-3-4-8/h6-9H,3-5H2,1-2H3,(H,11,12)/t6-,7?,9-/m1/s1. The van der Waals surface area contributed by atoms with E-state index in [0.29, 0.717) is 23.8 Å². The lowest BCUT2D eigenvalue weighted by Crippen LogP contribution is -2.35. The minimum atomic E-state index is 0.293. The highest BCUT2D eigenvalue weighted by Crippen LogP contribution is 2.38. The molecule has 2 aliphatic carbocycles. The summed E-state index contributed by atoms with van der Waals surface area (Å²) in [5.74, 6) is 2.05. The highest BCUT2D eigenvalue weighted by atomic mass is 16.2. The molecule has 2 heteroatoms. The molecule has 2 saturated carbocycles. The second-order valence-corrected chi connectivity index (χ2v) is 4.45. The molecular weight excluding hydrogens is 150 g/mol. The van der Waals surface area contributed by atoms with Crippen LogP contribution >= 0.6 is 0 Å². The van der Waals surface area contributed by atoms with Crippen molar-refractivity contribution in [3.63, 3.8) is 0 Å². The van der Waals surface area contributed by atoms with Gasteiger partial charge in [-0.25, -0.2) is 0 Å². The summed E-state index contributed by atoms with van der Waals surface area (Å²) < 4.78 is 0. The molecule has 0 bridgehead atoms. The van der Waals surface area contributed by atoms with Crippen LogP contribution in [0, 0.1) is 17.8 Å². The average molecular weight is 167 g/mol. The van der Waals surface area contributed by atoms with E-state index in [9.17, 15) is 4.79 Å². The maximum atomic E-state index is 11.4. The molecule has 1 amide bonds. The third kappa shape index (κ3) is 1.62. The third-order valence-corrected chi connectivity index (χ3v) is 3.15. The fourth-order valence-corrected chi connectivity index (χ4v) is 1.73. The van der Waals surface area contributed by atoms with Crippen LogP contribution in [0.25, 0.3) is 0 Å². The fraction of sp³-hybridized carbons (Fsp3) is 0.900. The molecular formula is C10H17NO. The molecule has 0 aliphatic heterocycles. The number of amides is 1. The molecule has 68 valence electrons. The van der Waals surface area contributed by atoms with Gasteiger partial charge in [0.25, 0.3) is 0 Å². The van der Waals surface area contributed by atoms with Gasteiger partial charge in [0.1, 0.15) is 0 Å². The first-order valence-corrected chi connectivity index (χ1v) is 4.99. The van der Waals surface area contributed by atoms with Crippen molar-refractivity contribution >= 4 is 5.91 Å². The lowest BCUT2D eigenvalue weighted by Gasteiger charge is -2.11. The fourth-order valence-electron chi connectivity index (χ4n) is 1.73. The average Bonchev–Trinajstić information content (AvgIpc) is 2.78. The Morgan fingerprint density at radius 1 is 1.50 bits per heavy atom. The Kier molecular flexibility index (Phi) is 1.85. The van der Waals surface area contributed by atoms with Crippen molar-refractivity contribution in [2.45, 2.75) is 39.2 Å². The first-order chi connectivity index (χ1) is 5.68. The van der Waals surface area contributed by atoms with Crippen molar-refractivity contribution in [3.8, 4) is 0 Å². The Labute approximate surface area is 73.7 Å². The van der Waals surface area contributed by atoms with Crippen LogP contribution in [0.15, 0.2) is 0 Å². The highest BCUT2D eigenvalue weighted by Gasteiger charge is 2.40. The van der Waals surface area contributed by atoms with Gasteiger partial charge in [0, 0.05) is 12.0 Å². The Morgan fingerprint density at radius 2 is 2.08 bits per heavy atom. The lowest BCUT2D eigenvalue weighted by atomic mass is 10.2. The van der Waals surface area contributed by atoms with Crippen molar-refractivity contribution in [3.05, 3.63) is 0 Å². The summed E-state index contributed by atoms with van der Waals surface area (Å²) in [5, 5.41) is 3.10. The maximum absolute atomic E-state index is 11.4. The molecule has 0 heterocycles. The summed E-state index contributed by atoms with van der Waals surface area (Å²) in [4.78, 5) is 11.4. The molecule has 2 fully saturated rings. The molecule has 1 unspecified atom stereocenters. The van der Waals surface area contributed by atoms with Crippen LogP contribution in [-0.2, 0) is 4.79 Å². The molecule has 3 atom stereocenters. The molecule has 0 aromatic rings. The quantitative estimate of drug-likeness (QED) is 0.679. The van der Waals surface area contributed by atoms with Gasteiger partial charge in [-0.2, -0.15) is 0 Å². The van der Waals surface area contributed by atoms with E-state index in [1.165, 1.54) is 12.8 Å². The first kappa shape index (κ1) is 8.09. The van der Waals surface area contributed by atoms with Gasteiger partial charge in [-0.05, 0) is 38.0 Å². The van der Waals surface area contributed by atoms with Crippen LogP contribution in [0.3, 0.4) is 0 Å². The van der Waals surface area contributed by atoms with E-state index in [1.54, 1.807) is 0 Å². The molecule has 12 heavy (non-hydrogen) atoms. The third-order valence-electron chi connectivity index (χ3n) is 3.15. The summed E-state index contributed by atoms with van der Waals surface area (Å²) in [5.41, 5.74) is 0. The van der Waals surface area contributed by atoms with Crippen LogP contribution in [0.2, 0.25) is 0 Å². The Morgan fingerprint density at radius 3 is 2.50 bits per heavy atom. The molecule has 2 aliphatic rings. The SMILES string of the molecule is CC(NC(=O)[C@@H]1C[C@H]1C)C1CC1. The number of rotatable bonds is 3. The molecule has 2 rings (SSSR count). The topological polar surface area (TPSA) is 29.1 Å². The van der Waals surface area contributed by atoms with Crippen molar-refractivity contribution in [1.29, 1.82) is 0 Å². The summed E-state index contributed by atoms with van der Waals surface area (Å²) in [6.07, 6.45) is 3.71. The second-order valence-electron chi connectivity index (χ2n) is 4.45. The van der Waals surface area contributed by atoms with E-state index >= 15 is 0 Å². The molecule has 0 spiro atoms. The van der Waals surface area contributed by atoms with Crippen molar-refractivity contribution < 1.29 is 4.79 Å². The van der Waals surface area contributed by atoms with Crippen LogP contribution in [-0.4, -0.2) is 11.9 Å². The predicted octanol–water partition coefficient (Wildman–Crippen LogP) is 1.56. The van der Waals surface area contributed by atoms with Gasteiger partial charge in [-0.3, -0.25) is 4.79 Å². The summed E-state index contributed by atoms with van der Waals surface area (Å²) in [6, 6.07) is 0.422. The minimum absolute atomic E-state index is 0.293. The van der Waals surface area contributed by atoms with E-state index < -0.39 is 0 Å². The summed E-state index contributed by atoms with van der Waals surface area (Å²) >= 11 is 0. The van der Waals surface area contributed by atoms with Gasteiger partial charge in [0.15, 0.2) is 0 Å². The molecule has 1 N–H and O–H groups in total. The number of hydrogen-bond acceptors (Lipinski definition) is 1. The lowest BCUT2D eigenvalue weighted by molar-refractivity contribution is -0.123. The predicted molar refractivity (Wildman–Crippen MR) is 47.6 cm³/mol. The van der Waals surface area contributed by atoms with Gasteiger partial charge in [0.2, 0.25) is 5.91 Å². The van der Waals surface area contributed by atoms with E-state index in [-0.39, 0.29) is 0 Å². The molecule has 2 nitrogen and oxygen atoms in total. The Hall–Kier alpha value is -0.530. The highest BCUT2D eigenvalue weighted by molar-refractivity contribution is 5.81. The number of hydrogen-bond donors (Lipinski definition) is 1. The van der Waals surface area contributed by atoms with Gasteiger partial charge < -0.3 is 5.32 Å². The molecule has 0 saturated heterocycles. The van der Waals surface area contributed by atoms with E-state index in [4.69, 9.17) is 0 Å². The minimum Gasteiger partial charge on any atom is -0.353 e. The van der Waals surface area contributed by atoms with Gasteiger partial charge in [0.05, 0.1) is 0 Å². The number of carbonyl (C=O) groups excluding carboxylic acids is 1. The van der Waals surface area contributed by atoms with Crippen LogP contribution in [0.4, 0.5) is 0 Å². The van der Waals surface area contributed by atoms with E-state index in [1.807, 2.05) is 0 Å². The van der Waals surface area contributed by atoms with Gasteiger partial charge in [-0.1, -0.05) is 6.92 Å². The molecule has 0 aromatic heterocycles. The summed E-state index contributed by atoms with van der Waals surface area (Å²) in [6.45, 7) is 4.27. The van der Waals surface area contributed by atoms with Crippen molar-refractivity contribution in [1.82, 2.24) is 5.32 Å². The van der Waals surface area contributed by atoms with Crippen LogP contribution < -0.4 is 5.32 Å². The largest absolute Gasteiger partial charge is 0.353 e. The zero-order valence-corrected chi connectivity index (χ0v) is 7.84. The Bertz CT molecular complexity index is 198. The van der Waals surface area contributed by atoms with Crippen molar-refractivity contribution in [2.75, 3.05) is 0 Å². The zero-order valence-electron chi connectivity index (χ0n) is 7.84. The summed E-state index contributed by atoms with van der Waals surface area (Å²) in [7, 11) is 0. The van der Waals surface area contributed by atoms with Crippen LogP contribution in [0.1, 0.15) is 33.1 Å². The smallest absolute Gasteiger partial charge is 0.223 e. The molecule has 0 radical (unpaired) electrons. The monoisotopic (exact) mass is 167 g/mol. The van der Waals surface area contributed by atoms with Gasteiger partial charge >= 0.3 is 0 Å². The van der Waals surface area contributed by atoms with E-state index in [2.05, 4.69) is 19.2 Å². The number of nitrogens with one attached hydrogen (secondary N) is 1. The number of carbonyl (C=O) groups is 1. The zero-order chi connectivity index (χ0) is 8.72. The van der Waals surface area contributed by atoms with Crippen molar-refractivity contribution in [2.24, 2.45) is 17.8 Å². The Balaban J connectivity index is 1.74. The van der Waals surface area contributed by atoms with E-state index in [0.717, 1.165) is 12.3 Å². The first-order valence-electron chi connectivity index (χ1n) is 4.99. The normalized spacial score (nSPS) is 35.8. The van der Waals surface area contributed by atoms with Gasteiger partial charge in [-0.15, -0.1) is 0 Å².